The summed E-state index contributed by atoms with van der Waals surface area (Å²) in [5.74, 6) is -2.51. The molecule has 0 bridgehead atoms. The molecule has 1 aliphatic rings. The summed E-state index contributed by atoms with van der Waals surface area (Å²) in [7, 11) is 0. The predicted molar refractivity (Wildman–Crippen MR) is 78.4 cm³/mol. The maximum Gasteiger partial charge on any atom is 0.171 e. The van der Waals surface area contributed by atoms with E-state index in [4.69, 9.17) is 0 Å². The van der Waals surface area contributed by atoms with Gasteiger partial charge < -0.3 is 0 Å². The van der Waals surface area contributed by atoms with Crippen LogP contribution in [0.4, 0.5) is 8.78 Å². The molecule has 1 aliphatic carbocycles. The monoisotopic (exact) mass is 286 g/mol. The minimum absolute atomic E-state index is 0.433. The van der Waals surface area contributed by atoms with Crippen molar-refractivity contribution in [2.45, 2.75) is 26.7 Å². The molecule has 0 atom stereocenters. The molecular formula is C18H16F2O. The molecule has 1 nitrogen and oxygen atoms in total. The number of halogens is 2. The molecule has 0 aliphatic heterocycles. The molecule has 0 radical (unpaired) electrons. The molecule has 0 heterocycles. The lowest BCUT2D eigenvalue weighted by molar-refractivity contribution is 0.0931. The van der Waals surface area contributed by atoms with Crippen molar-refractivity contribution in [3.8, 4) is 11.1 Å². The fourth-order valence-electron chi connectivity index (χ4n) is 2.64. The third-order valence-electron chi connectivity index (χ3n) is 4.02. The van der Waals surface area contributed by atoms with Crippen LogP contribution in [0.1, 0.15) is 35.3 Å². The van der Waals surface area contributed by atoms with Gasteiger partial charge in [-0.1, -0.05) is 32.0 Å². The minimum atomic E-state index is -0.786. The van der Waals surface area contributed by atoms with Gasteiger partial charge in [-0.15, -0.1) is 0 Å². The van der Waals surface area contributed by atoms with Gasteiger partial charge in [-0.05, 0) is 47.2 Å². The highest BCUT2D eigenvalue weighted by molar-refractivity contribution is 5.98. The van der Waals surface area contributed by atoms with Crippen molar-refractivity contribution in [3.05, 3.63) is 58.7 Å². The van der Waals surface area contributed by atoms with E-state index in [2.05, 4.69) is 0 Å². The average molecular weight is 286 g/mol. The van der Waals surface area contributed by atoms with Crippen LogP contribution in [0.2, 0.25) is 0 Å². The number of hydrogen-bond acceptors (Lipinski definition) is 1. The summed E-state index contributed by atoms with van der Waals surface area (Å²) >= 11 is 0. The Hall–Kier alpha value is -2.03. The van der Waals surface area contributed by atoms with Crippen LogP contribution in [0.25, 0.3) is 11.1 Å². The summed E-state index contributed by atoms with van der Waals surface area (Å²) in [4.78, 5) is 11.9. The second-order valence-electron chi connectivity index (χ2n) is 5.82. The number of Topliss-reactive ketones (excluding diaryl/α,β-unsaturated/α-hetero) is 1. The standard InChI is InChI=1S/C18H16F2O/c1-10(2)18(21)17-15(19)8-14(9-16(17)20)13-6-4-11-3-5-12(11)7-13/h4,6-10H,3,5H2,1-2H3. The topological polar surface area (TPSA) is 17.1 Å². The highest BCUT2D eigenvalue weighted by atomic mass is 19.1. The van der Waals surface area contributed by atoms with E-state index < -0.39 is 28.9 Å². The molecule has 0 aromatic heterocycles. The number of ketones is 1. The number of aryl methyl sites for hydroxylation is 2. The van der Waals surface area contributed by atoms with Gasteiger partial charge in [0.25, 0.3) is 0 Å². The van der Waals surface area contributed by atoms with Crippen LogP contribution in [0, 0.1) is 17.6 Å². The van der Waals surface area contributed by atoms with Crippen LogP contribution in [0.15, 0.2) is 30.3 Å². The highest BCUT2D eigenvalue weighted by Crippen LogP contribution is 2.31. The Labute approximate surface area is 122 Å². The number of fused-ring (bicyclic) bond motifs is 1. The van der Waals surface area contributed by atoms with Gasteiger partial charge in [-0.3, -0.25) is 4.79 Å². The Morgan fingerprint density at radius 2 is 1.57 bits per heavy atom. The fourth-order valence-corrected chi connectivity index (χ4v) is 2.64. The Morgan fingerprint density at radius 3 is 2.05 bits per heavy atom. The molecule has 0 amide bonds. The van der Waals surface area contributed by atoms with Crippen molar-refractivity contribution in [2.24, 2.45) is 5.92 Å². The van der Waals surface area contributed by atoms with E-state index in [1.807, 2.05) is 18.2 Å². The third-order valence-corrected chi connectivity index (χ3v) is 4.02. The van der Waals surface area contributed by atoms with Gasteiger partial charge >= 0.3 is 0 Å². The molecule has 2 aromatic rings. The molecule has 0 saturated carbocycles. The first kappa shape index (κ1) is 13.9. The van der Waals surface area contributed by atoms with Crippen molar-refractivity contribution in [1.82, 2.24) is 0 Å². The molecule has 3 heteroatoms. The van der Waals surface area contributed by atoms with Crippen LogP contribution in [0.5, 0.6) is 0 Å². The zero-order valence-corrected chi connectivity index (χ0v) is 12.0. The fraction of sp³-hybridized carbons (Fsp3) is 0.278. The number of carbonyl (C=O) groups is 1. The Bertz CT molecular complexity index is 709. The number of hydrogen-bond donors (Lipinski definition) is 0. The van der Waals surface area contributed by atoms with E-state index in [1.54, 1.807) is 13.8 Å². The van der Waals surface area contributed by atoms with Crippen LogP contribution < -0.4 is 0 Å². The van der Waals surface area contributed by atoms with Crippen molar-refractivity contribution in [1.29, 1.82) is 0 Å². The predicted octanol–water partition coefficient (Wildman–Crippen LogP) is 4.57. The first-order chi connectivity index (χ1) is 9.97. The molecule has 3 rings (SSSR count). The van der Waals surface area contributed by atoms with E-state index in [-0.39, 0.29) is 0 Å². The van der Waals surface area contributed by atoms with Gasteiger partial charge in [-0.2, -0.15) is 0 Å². The molecule has 0 unspecified atom stereocenters. The number of rotatable bonds is 3. The van der Waals surface area contributed by atoms with Gasteiger partial charge in [0.1, 0.15) is 11.6 Å². The van der Waals surface area contributed by atoms with Crippen molar-refractivity contribution >= 4 is 5.78 Å². The molecular weight excluding hydrogens is 270 g/mol. The van der Waals surface area contributed by atoms with E-state index >= 15 is 0 Å². The van der Waals surface area contributed by atoms with Crippen LogP contribution in [0.3, 0.4) is 0 Å². The largest absolute Gasteiger partial charge is 0.294 e. The van der Waals surface area contributed by atoms with Crippen molar-refractivity contribution in [2.75, 3.05) is 0 Å². The molecule has 0 fully saturated rings. The Balaban J connectivity index is 2.05. The molecule has 21 heavy (non-hydrogen) atoms. The molecule has 0 spiro atoms. The lowest BCUT2D eigenvalue weighted by Crippen LogP contribution is -2.12. The van der Waals surface area contributed by atoms with Gasteiger partial charge in [0.2, 0.25) is 0 Å². The van der Waals surface area contributed by atoms with E-state index in [0.29, 0.717) is 5.56 Å². The lowest BCUT2D eigenvalue weighted by Gasteiger charge is -2.19. The lowest BCUT2D eigenvalue weighted by atomic mass is 9.86. The third kappa shape index (κ3) is 2.37. The van der Waals surface area contributed by atoms with Gasteiger partial charge in [0.05, 0.1) is 5.56 Å². The summed E-state index contributed by atoms with van der Waals surface area (Å²) in [6, 6.07) is 8.34. The van der Waals surface area contributed by atoms with Crippen LogP contribution in [-0.2, 0) is 12.8 Å². The average Bonchev–Trinajstić information content (AvgIpc) is 2.39. The zero-order chi connectivity index (χ0) is 15.1. The smallest absolute Gasteiger partial charge is 0.171 e. The first-order valence-corrected chi connectivity index (χ1v) is 7.13. The van der Waals surface area contributed by atoms with Crippen molar-refractivity contribution < 1.29 is 13.6 Å². The van der Waals surface area contributed by atoms with Gasteiger partial charge in [0, 0.05) is 5.92 Å². The number of benzene rings is 2. The summed E-state index contributed by atoms with van der Waals surface area (Å²) in [5, 5.41) is 0. The molecule has 2 aromatic carbocycles. The zero-order valence-electron chi connectivity index (χ0n) is 12.0. The second kappa shape index (κ2) is 5.06. The number of carbonyl (C=O) groups excluding carboxylic acids is 1. The molecule has 0 N–H and O–H groups in total. The quantitative estimate of drug-likeness (QED) is 0.755. The Morgan fingerprint density at radius 1 is 0.952 bits per heavy atom. The van der Waals surface area contributed by atoms with E-state index in [1.165, 1.54) is 23.3 Å². The summed E-state index contributed by atoms with van der Waals surface area (Å²) in [6.07, 6.45) is 2.08. The van der Waals surface area contributed by atoms with Crippen LogP contribution in [-0.4, -0.2) is 5.78 Å². The summed E-state index contributed by atoms with van der Waals surface area (Å²) in [6.45, 7) is 3.26. The minimum Gasteiger partial charge on any atom is -0.294 e. The maximum atomic E-state index is 14.1. The maximum absolute atomic E-state index is 14.1. The second-order valence-corrected chi connectivity index (χ2v) is 5.82. The SMILES string of the molecule is CC(C)C(=O)c1c(F)cc(-c2ccc3c(c2)CC3)cc1F. The Kier molecular flexibility index (Phi) is 3.36. The van der Waals surface area contributed by atoms with E-state index in [0.717, 1.165) is 18.4 Å². The molecule has 0 saturated heterocycles. The normalized spacial score (nSPS) is 13.0. The van der Waals surface area contributed by atoms with Crippen LogP contribution >= 0.6 is 0 Å². The highest BCUT2D eigenvalue weighted by Gasteiger charge is 2.22. The summed E-state index contributed by atoms with van der Waals surface area (Å²) in [5.41, 5.74) is 3.36. The molecule has 108 valence electrons. The van der Waals surface area contributed by atoms with Crippen molar-refractivity contribution in [3.63, 3.8) is 0 Å². The van der Waals surface area contributed by atoms with Gasteiger partial charge in [0.15, 0.2) is 5.78 Å². The summed E-state index contributed by atoms with van der Waals surface area (Å²) < 4.78 is 28.3. The van der Waals surface area contributed by atoms with Gasteiger partial charge in [-0.25, -0.2) is 8.78 Å². The first-order valence-electron chi connectivity index (χ1n) is 7.13. The van der Waals surface area contributed by atoms with E-state index in [9.17, 15) is 13.6 Å².